The molecule has 118 valence electrons. The average Bonchev–Trinajstić information content (AvgIpc) is 3.13. The molecule has 7 nitrogen and oxygen atoms in total. The molecule has 1 unspecified atom stereocenters. The Morgan fingerprint density at radius 2 is 1.48 bits per heavy atom. The van der Waals surface area contributed by atoms with Crippen LogP contribution in [0.1, 0.15) is 0 Å². The monoisotopic (exact) mass is 352 g/mol. The molecule has 0 amide bonds. The SMILES string of the molecule is O=P1(O)Oc2ccc3c(c2-c2c(ccc4c2OCO4)S1)OCO3. The first-order chi connectivity index (χ1) is 11.1. The second-order valence-corrected chi connectivity index (χ2v) is 8.67. The molecule has 0 radical (unpaired) electrons. The molecule has 0 fully saturated rings. The van der Waals surface area contributed by atoms with Gasteiger partial charge in [-0.2, -0.15) is 0 Å². The lowest BCUT2D eigenvalue weighted by Crippen LogP contribution is -1.95. The standard InChI is InChI=1S/C14H9O7PS/c15-22(16)21-7-1-2-8-13(19-5-17-8)11(7)12-10(23-22)4-3-9-14(12)20-6-18-9/h1-4H,5-6H2,(H,15,16). The Bertz CT molecular complexity index is 828. The molecule has 3 heterocycles. The van der Waals surface area contributed by atoms with E-state index in [1.165, 1.54) is 0 Å². The number of fused-ring (bicyclic) bond motifs is 7. The van der Waals surface area contributed by atoms with Gasteiger partial charge in [0.1, 0.15) is 5.75 Å². The van der Waals surface area contributed by atoms with Crippen molar-refractivity contribution in [3.63, 3.8) is 0 Å². The van der Waals surface area contributed by atoms with Crippen molar-refractivity contribution in [3.05, 3.63) is 24.3 Å². The minimum atomic E-state index is -3.92. The van der Waals surface area contributed by atoms with Crippen LogP contribution in [0.15, 0.2) is 29.2 Å². The summed E-state index contributed by atoms with van der Waals surface area (Å²) in [4.78, 5) is 10.7. The van der Waals surface area contributed by atoms with Crippen LogP contribution in [0.25, 0.3) is 11.1 Å². The van der Waals surface area contributed by atoms with E-state index in [9.17, 15) is 9.46 Å². The highest BCUT2D eigenvalue weighted by Crippen LogP contribution is 2.68. The van der Waals surface area contributed by atoms with Crippen LogP contribution >= 0.6 is 18.2 Å². The molecule has 5 rings (SSSR count). The second-order valence-electron chi connectivity index (χ2n) is 5.00. The maximum absolute atomic E-state index is 12.3. The summed E-state index contributed by atoms with van der Waals surface area (Å²) in [6.45, 7) is -3.75. The molecule has 23 heavy (non-hydrogen) atoms. The van der Waals surface area contributed by atoms with E-state index in [0.717, 1.165) is 11.4 Å². The smallest absolute Gasteiger partial charge is 0.442 e. The molecule has 1 atom stereocenters. The van der Waals surface area contributed by atoms with Crippen molar-refractivity contribution >= 4 is 18.2 Å². The quantitative estimate of drug-likeness (QED) is 0.723. The van der Waals surface area contributed by atoms with Crippen molar-refractivity contribution < 1.29 is 32.9 Å². The van der Waals surface area contributed by atoms with E-state index in [4.69, 9.17) is 23.5 Å². The fraction of sp³-hybridized carbons (Fsp3) is 0.143. The molecular formula is C14H9O7PS. The minimum absolute atomic E-state index is 0.0808. The summed E-state index contributed by atoms with van der Waals surface area (Å²) in [5.41, 5.74) is 1.16. The van der Waals surface area contributed by atoms with Gasteiger partial charge in [0, 0.05) is 21.8 Å². The first kappa shape index (κ1) is 13.4. The molecule has 0 aliphatic carbocycles. The Balaban J connectivity index is 1.90. The van der Waals surface area contributed by atoms with Gasteiger partial charge in [-0.3, -0.25) is 0 Å². The molecule has 0 bridgehead atoms. The predicted octanol–water partition coefficient (Wildman–Crippen LogP) is 3.40. The molecule has 3 aliphatic heterocycles. The van der Waals surface area contributed by atoms with Crippen LogP contribution in [-0.2, 0) is 4.57 Å². The highest BCUT2D eigenvalue weighted by molar-refractivity contribution is 8.55. The van der Waals surface area contributed by atoms with Gasteiger partial charge < -0.3 is 28.4 Å². The van der Waals surface area contributed by atoms with Crippen LogP contribution in [0.3, 0.4) is 0 Å². The number of hydrogen-bond acceptors (Lipinski definition) is 7. The first-order valence-corrected chi connectivity index (χ1v) is 9.70. The van der Waals surface area contributed by atoms with Crippen molar-refractivity contribution in [2.24, 2.45) is 0 Å². The van der Waals surface area contributed by atoms with Crippen LogP contribution in [0.5, 0.6) is 28.7 Å². The number of benzene rings is 2. The Morgan fingerprint density at radius 3 is 2.22 bits per heavy atom. The molecule has 0 saturated carbocycles. The fourth-order valence-electron chi connectivity index (χ4n) is 2.80. The van der Waals surface area contributed by atoms with Crippen molar-refractivity contribution in [2.75, 3.05) is 13.6 Å². The summed E-state index contributed by atoms with van der Waals surface area (Å²) >= 11 is 0.760. The maximum Gasteiger partial charge on any atom is 0.442 e. The van der Waals surface area contributed by atoms with Crippen LogP contribution in [0, 0.1) is 0 Å². The lowest BCUT2D eigenvalue weighted by atomic mass is 10.0. The van der Waals surface area contributed by atoms with Gasteiger partial charge in [-0.05, 0) is 24.3 Å². The third-order valence-corrected chi connectivity index (χ3v) is 6.38. The molecule has 3 aliphatic rings. The van der Waals surface area contributed by atoms with Crippen LogP contribution in [0.4, 0.5) is 0 Å². The van der Waals surface area contributed by atoms with Gasteiger partial charge in [-0.25, -0.2) is 4.57 Å². The summed E-state index contributed by atoms with van der Waals surface area (Å²) < 4.78 is 39.6. The van der Waals surface area contributed by atoms with Gasteiger partial charge in [0.25, 0.3) is 0 Å². The zero-order chi connectivity index (χ0) is 15.6. The van der Waals surface area contributed by atoms with Crippen LogP contribution in [-0.4, -0.2) is 18.5 Å². The molecular weight excluding hydrogens is 343 g/mol. The third kappa shape index (κ3) is 1.92. The molecule has 2 aromatic carbocycles. The lowest BCUT2D eigenvalue weighted by molar-refractivity contribution is 0.172. The molecule has 1 N–H and O–H groups in total. The minimum Gasteiger partial charge on any atom is -0.454 e. The van der Waals surface area contributed by atoms with E-state index in [-0.39, 0.29) is 19.3 Å². The lowest BCUT2D eigenvalue weighted by Gasteiger charge is -2.12. The summed E-state index contributed by atoms with van der Waals surface area (Å²) in [5.74, 6) is 2.34. The summed E-state index contributed by atoms with van der Waals surface area (Å²) in [6, 6.07) is 6.66. The van der Waals surface area contributed by atoms with E-state index in [2.05, 4.69) is 0 Å². The molecule has 2 aromatic rings. The van der Waals surface area contributed by atoms with Crippen LogP contribution in [0.2, 0.25) is 0 Å². The van der Waals surface area contributed by atoms with Crippen molar-refractivity contribution in [3.8, 4) is 39.9 Å². The zero-order valence-electron chi connectivity index (χ0n) is 11.5. The van der Waals surface area contributed by atoms with Crippen LogP contribution < -0.4 is 23.5 Å². The first-order valence-electron chi connectivity index (χ1n) is 6.70. The normalized spacial score (nSPS) is 22.8. The highest BCUT2D eigenvalue weighted by atomic mass is 32.7. The van der Waals surface area contributed by atoms with E-state index in [1.807, 2.05) is 0 Å². The van der Waals surface area contributed by atoms with Gasteiger partial charge in [0.05, 0.1) is 5.56 Å². The average molecular weight is 352 g/mol. The van der Waals surface area contributed by atoms with E-state index >= 15 is 0 Å². The van der Waals surface area contributed by atoms with Crippen molar-refractivity contribution in [2.45, 2.75) is 4.90 Å². The van der Waals surface area contributed by atoms with E-state index < -0.39 is 6.80 Å². The Hall–Kier alpha value is -2.02. The summed E-state index contributed by atoms with van der Waals surface area (Å²) in [7, 11) is 0. The molecule has 9 heteroatoms. The Morgan fingerprint density at radius 1 is 0.870 bits per heavy atom. The zero-order valence-corrected chi connectivity index (χ0v) is 13.2. The fourth-order valence-corrected chi connectivity index (χ4v) is 5.46. The Kier molecular flexibility index (Phi) is 2.63. The highest BCUT2D eigenvalue weighted by Gasteiger charge is 2.38. The summed E-state index contributed by atoms with van der Waals surface area (Å²) in [5, 5.41) is 0. The predicted molar refractivity (Wildman–Crippen MR) is 80.4 cm³/mol. The largest absolute Gasteiger partial charge is 0.454 e. The van der Waals surface area contributed by atoms with Gasteiger partial charge in [-0.1, -0.05) is 0 Å². The van der Waals surface area contributed by atoms with Crippen molar-refractivity contribution in [1.82, 2.24) is 0 Å². The van der Waals surface area contributed by atoms with E-state index in [0.29, 0.717) is 39.0 Å². The summed E-state index contributed by atoms with van der Waals surface area (Å²) in [6.07, 6.45) is 0. The Labute approximate surface area is 134 Å². The van der Waals surface area contributed by atoms with Gasteiger partial charge in [-0.15, -0.1) is 0 Å². The van der Waals surface area contributed by atoms with E-state index in [1.54, 1.807) is 24.3 Å². The second kappa shape index (κ2) is 4.50. The van der Waals surface area contributed by atoms with Crippen molar-refractivity contribution in [1.29, 1.82) is 0 Å². The van der Waals surface area contributed by atoms with Gasteiger partial charge >= 0.3 is 6.80 Å². The third-order valence-electron chi connectivity index (χ3n) is 3.68. The number of ether oxygens (including phenoxy) is 4. The van der Waals surface area contributed by atoms with Gasteiger partial charge in [0.15, 0.2) is 23.0 Å². The topological polar surface area (TPSA) is 83.5 Å². The molecule has 0 spiro atoms. The van der Waals surface area contributed by atoms with Gasteiger partial charge in [0.2, 0.25) is 13.6 Å². The maximum atomic E-state index is 12.3. The molecule has 0 aromatic heterocycles. The number of rotatable bonds is 0. The number of hydrogen-bond donors (Lipinski definition) is 1. The molecule has 0 saturated heterocycles.